The Kier molecular flexibility index (Phi) is 4.19. The number of rotatable bonds is 4. The number of ether oxygens (including phenoxy) is 1. The molecule has 2 aliphatic heterocycles. The lowest BCUT2D eigenvalue weighted by Gasteiger charge is -2.35. The first kappa shape index (κ1) is 16.4. The maximum Gasteiger partial charge on any atom is 0.414 e. The molecule has 136 valence electrons. The van der Waals surface area contributed by atoms with E-state index < -0.39 is 11.0 Å². The van der Waals surface area contributed by atoms with Gasteiger partial charge in [0.05, 0.1) is 22.8 Å². The molecule has 26 heavy (non-hydrogen) atoms. The van der Waals surface area contributed by atoms with Crippen LogP contribution in [0.3, 0.4) is 0 Å². The predicted octanol–water partition coefficient (Wildman–Crippen LogP) is 2.66. The van der Waals surface area contributed by atoms with Gasteiger partial charge in [-0.25, -0.2) is 9.78 Å². The van der Waals surface area contributed by atoms with Crippen LogP contribution in [0.25, 0.3) is 0 Å². The number of nitrogens with zero attached hydrogens (tertiary/aromatic N) is 4. The highest BCUT2D eigenvalue weighted by Gasteiger charge is 2.31. The van der Waals surface area contributed by atoms with Crippen LogP contribution in [-0.2, 0) is 4.74 Å². The van der Waals surface area contributed by atoms with Gasteiger partial charge in [0.25, 0.3) is 5.69 Å². The van der Waals surface area contributed by atoms with E-state index >= 15 is 0 Å². The van der Waals surface area contributed by atoms with Crippen molar-refractivity contribution in [3.05, 3.63) is 46.5 Å². The summed E-state index contributed by atoms with van der Waals surface area (Å²) in [5, 5.41) is 11.2. The summed E-state index contributed by atoms with van der Waals surface area (Å²) in [5.74, 6) is 1.20. The maximum atomic E-state index is 12.0. The van der Waals surface area contributed by atoms with Crippen LogP contribution in [0.15, 0.2) is 30.6 Å². The molecule has 1 aromatic carbocycles. The van der Waals surface area contributed by atoms with Gasteiger partial charge in [-0.2, -0.15) is 0 Å². The van der Waals surface area contributed by atoms with Crippen LogP contribution in [0.1, 0.15) is 24.6 Å². The summed E-state index contributed by atoms with van der Waals surface area (Å²) < 4.78 is 5.03. The summed E-state index contributed by atoms with van der Waals surface area (Å²) in [5.41, 5.74) is 1.30. The summed E-state index contributed by atoms with van der Waals surface area (Å²) in [6, 6.07) is 4.67. The van der Waals surface area contributed by atoms with Crippen LogP contribution in [0.4, 0.5) is 21.9 Å². The third kappa shape index (κ3) is 2.96. The number of carbonyl (C=O) groups excluding carboxylic acids is 1. The Hall–Kier alpha value is -3.10. The minimum Gasteiger partial charge on any atom is -0.447 e. The number of anilines is 2. The Balaban J connectivity index is 1.68. The number of amides is 1. The number of imidazole rings is 1. The zero-order valence-electron chi connectivity index (χ0n) is 14.1. The molecule has 0 bridgehead atoms. The van der Waals surface area contributed by atoms with Gasteiger partial charge in [-0.3, -0.25) is 15.0 Å². The number of non-ortho nitro benzene ring substituents is 1. The second-order valence-corrected chi connectivity index (χ2v) is 6.46. The zero-order valence-corrected chi connectivity index (χ0v) is 14.1. The van der Waals surface area contributed by atoms with Gasteiger partial charge in [0.1, 0.15) is 12.4 Å². The Morgan fingerprint density at radius 2 is 2.19 bits per heavy atom. The highest BCUT2D eigenvalue weighted by atomic mass is 16.6. The number of hydrogen-bond acceptors (Lipinski definition) is 6. The lowest BCUT2D eigenvalue weighted by atomic mass is 9.96. The molecule has 1 N–H and O–H groups in total. The molecule has 2 aliphatic rings. The standard InChI is InChI=1S/C17H19N5O4/c23-17-21(8-9-26-17)15-10-13(22(24)25)3-4-14(15)20-7-1-2-12(11-20)16-18-5-6-19-16/h3-6,10,12H,1-2,7-9,11H2,(H,18,19). The monoisotopic (exact) mass is 357 g/mol. The summed E-state index contributed by atoms with van der Waals surface area (Å²) in [7, 11) is 0. The van der Waals surface area contributed by atoms with E-state index in [0.29, 0.717) is 12.2 Å². The summed E-state index contributed by atoms with van der Waals surface area (Å²) in [6.07, 6.45) is 5.09. The molecule has 1 aromatic heterocycles. The summed E-state index contributed by atoms with van der Waals surface area (Å²) in [4.78, 5) is 34.0. The SMILES string of the molecule is O=C1OCCN1c1cc([N+](=O)[O-])ccc1N1CCCC(c2ncc[nH]2)C1. The van der Waals surface area contributed by atoms with Gasteiger partial charge in [0, 0.05) is 43.5 Å². The number of piperidine rings is 1. The second-order valence-electron chi connectivity index (χ2n) is 6.46. The van der Waals surface area contributed by atoms with E-state index in [1.807, 2.05) is 6.20 Å². The van der Waals surface area contributed by atoms with Gasteiger partial charge in [0.15, 0.2) is 0 Å². The Morgan fingerprint density at radius 1 is 1.31 bits per heavy atom. The maximum absolute atomic E-state index is 12.0. The Labute approximate surface area is 149 Å². The molecule has 9 heteroatoms. The van der Waals surface area contributed by atoms with Crippen molar-refractivity contribution in [1.29, 1.82) is 0 Å². The predicted molar refractivity (Wildman–Crippen MR) is 94.6 cm³/mol. The van der Waals surface area contributed by atoms with Gasteiger partial charge in [-0.15, -0.1) is 0 Å². The quantitative estimate of drug-likeness (QED) is 0.666. The lowest BCUT2D eigenvalue weighted by Crippen LogP contribution is -2.36. The molecule has 2 saturated heterocycles. The van der Waals surface area contributed by atoms with E-state index in [-0.39, 0.29) is 18.2 Å². The van der Waals surface area contributed by atoms with Gasteiger partial charge in [0.2, 0.25) is 0 Å². The average molecular weight is 357 g/mol. The van der Waals surface area contributed by atoms with Crippen molar-refractivity contribution >= 4 is 23.2 Å². The molecule has 3 heterocycles. The number of aromatic amines is 1. The average Bonchev–Trinajstić information content (AvgIpc) is 3.33. The van der Waals surface area contributed by atoms with Crippen LogP contribution in [0.5, 0.6) is 0 Å². The fourth-order valence-electron chi connectivity index (χ4n) is 3.64. The smallest absolute Gasteiger partial charge is 0.414 e. The molecule has 2 aromatic rings. The lowest BCUT2D eigenvalue weighted by molar-refractivity contribution is -0.384. The molecule has 1 amide bonds. The number of nitro benzene ring substituents is 1. The number of benzene rings is 1. The van der Waals surface area contributed by atoms with Gasteiger partial charge in [-0.05, 0) is 18.9 Å². The minimum atomic E-state index is -0.466. The van der Waals surface area contributed by atoms with Crippen molar-refractivity contribution in [3.63, 3.8) is 0 Å². The fourth-order valence-corrected chi connectivity index (χ4v) is 3.64. The van der Waals surface area contributed by atoms with Crippen molar-refractivity contribution in [3.8, 4) is 0 Å². The van der Waals surface area contributed by atoms with Gasteiger partial charge < -0.3 is 14.6 Å². The number of hydrogen-bond donors (Lipinski definition) is 1. The van der Waals surface area contributed by atoms with Crippen molar-refractivity contribution < 1.29 is 14.5 Å². The number of carbonyl (C=O) groups is 1. The Morgan fingerprint density at radius 3 is 2.88 bits per heavy atom. The third-order valence-corrected chi connectivity index (χ3v) is 4.89. The number of aromatic nitrogens is 2. The second kappa shape index (κ2) is 6.66. The molecule has 0 aliphatic carbocycles. The van der Waals surface area contributed by atoms with E-state index in [4.69, 9.17) is 4.74 Å². The molecule has 1 unspecified atom stereocenters. The zero-order chi connectivity index (χ0) is 18.1. The van der Waals surface area contributed by atoms with E-state index in [2.05, 4.69) is 14.9 Å². The van der Waals surface area contributed by atoms with E-state index in [1.54, 1.807) is 12.3 Å². The van der Waals surface area contributed by atoms with Crippen LogP contribution < -0.4 is 9.80 Å². The molecule has 4 rings (SSSR count). The third-order valence-electron chi connectivity index (χ3n) is 4.89. The van der Waals surface area contributed by atoms with Crippen LogP contribution in [-0.4, -0.2) is 47.2 Å². The van der Waals surface area contributed by atoms with Crippen LogP contribution >= 0.6 is 0 Å². The highest BCUT2D eigenvalue weighted by molar-refractivity contribution is 5.94. The first-order valence-corrected chi connectivity index (χ1v) is 8.60. The Bertz CT molecular complexity index is 823. The van der Waals surface area contributed by atoms with E-state index in [0.717, 1.165) is 37.4 Å². The molecule has 1 atom stereocenters. The van der Waals surface area contributed by atoms with Crippen LogP contribution in [0.2, 0.25) is 0 Å². The van der Waals surface area contributed by atoms with Gasteiger partial charge in [-0.1, -0.05) is 0 Å². The number of H-pyrrole nitrogens is 1. The number of nitrogens with one attached hydrogen (secondary N) is 1. The summed E-state index contributed by atoms with van der Waals surface area (Å²) in [6.45, 7) is 2.24. The molecule has 0 radical (unpaired) electrons. The fraction of sp³-hybridized carbons (Fsp3) is 0.412. The highest BCUT2D eigenvalue weighted by Crippen LogP contribution is 2.38. The number of cyclic esters (lactones) is 1. The molecule has 9 nitrogen and oxygen atoms in total. The molecular weight excluding hydrogens is 338 g/mol. The van der Waals surface area contributed by atoms with Crippen molar-refractivity contribution in [2.75, 3.05) is 36.0 Å². The van der Waals surface area contributed by atoms with E-state index in [9.17, 15) is 14.9 Å². The minimum absolute atomic E-state index is 0.0388. The summed E-state index contributed by atoms with van der Waals surface area (Å²) >= 11 is 0. The van der Waals surface area contributed by atoms with E-state index in [1.165, 1.54) is 17.0 Å². The topological polar surface area (TPSA) is 105 Å². The van der Waals surface area contributed by atoms with Gasteiger partial charge >= 0.3 is 6.09 Å². The molecule has 0 spiro atoms. The largest absolute Gasteiger partial charge is 0.447 e. The molecule has 2 fully saturated rings. The van der Waals surface area contributed by atoms with Crippen molar-refractivity contribution in [2.45, 2.75) is 18.8 Å². The number of nitro groups is 1. The van der Waals surface area contributed by atoms with Crippen molar-refractivity contribution in [2.24, 2.45) is 0 Å². The molecule has 0 saturated carbocycles. The molecular formula is C17H19N5O4. The first-order chi connectivity index (χ1) is 12.6. The normalized spacial score (nSPS) is 20.3. The first-order valence-electron chi connectivity index (χ1n) is 8.60. The van der Waals surface area contributed by atoms with Crippen molar-refractivity contribution in [1.82, 2.24) is 9.97 Å². The van der Waals surface area contributed by atoms with Crippen LogP contribution in [0, 0.1) is 10.1 Å².